The highest BCUT2D eigenvalue weighted by atomic mass is 16.5. The van der Waals surface area contributed by atoms with Gasteiger partial charge < -0.3 is 9.84 Å². The zero-order valence-corrected chi connectivity index (χ0v) is 14.8. The number of benzene rings is 1. The summed E-state index contributed by atoms with van der Waals surface area (Å²) in [5, 5.41) is 15.3. The maximum Gasteiger partial charge on any atom is 0.273 e. The molecule has 0 atom stereocenters. The predicted octanol–water partition coefficient (Wildman–Crippen LogP) is 3.19. The van der Waals surface area contributed by atoms with E-state index in [-0.39, 0.29) is 18.0 Å². The van der Waals surface area contributed by atoms with E-state index in [2.05, 4.69) is 34.6 Å². The van der Waals surface area contributed by atoms with Crippen molar-refractivity contribution in [3.63, 3.8) is 0 Å². The standard InChI is InChI=1S/C19H21N5O2/c1-12(2)17-11-24(23-21-17)15-8-14(9-15)20-19(25)16-10-18(26-22-16)13-6-4-3-5-7-13/h3-7,10-12,14-15H,8-9H2,1-2H3,(H,20,25)/t14-,15-. The molecule has 1 N–H and O–H groups in total. The Morgan fingerprint density at radius 1 is 1.27 bits per heavy atom. The van der Waals surface area contributed by atoms with Crippen LogP contribution in [0.15, 0.2) is 47.1 Å². The zero-order chi connectivity index (χ0) is 18.1. The topological polar surface area (TPSA) is 85.8 Å². The van der Waals surface area contributed by atoms with Crippen molar-refractivity contribution in [3.8, 4) is 11.3 Å². The van der Waals surface area contributed by atoms with Crippen LogP contribution in [0.1, 0.15) is 54.8 Å². The molecule has 0 saturated heterocycles. The minimum Gasteiger partial charge on any atom is -0.355 e. The Hall–Kier alpha value is -2.96. The van der Waals surface area contributed by atoms with Crippen molar-refractivity contribution in [3.05, 3.63) is 54.0 Å². The number of carbonyl (C=O) groups excluding carboxylic acids is 1. The van der Waals surface area contributed by atoms with Gasteiger partial charge in [-0.1, -0.05) is 54.5 Å². The van der Waals surface area contributed by atoms with Gasteiger partial charge in [0.05, 0.1) is 11.7 Å². The third-order valence-corrected chi connectivity index (χ3v) is 4.74. The molecular formula is C19H21N5O2. The van der Waals surface area contributed by atoms with Gasteiger partial charge >= 0.3 is 0 Å². The van der Waals surface area contributed by atoms with Gasteiger partial charge in [0, 0.05) is 23.9 Å². The highest BCUT2D eigenvalue weighted by molar-refractivity contribution is 5.93. The van der Waals surface area contributed by atoms with Crippen LogP contribution in [0.5, 0.6) is 0 Å². The summed E-state index contributed by atoms with van der Waals surface area (Å²) in [6.45, 7) is 4.19. The van der Waals surface area contributed by atoms with E-state index in [1.54, 1.807) is 6.07 Å². The first kappa shape index (κ1) is 16.5. The first-order chi connectivity index (χ1) is 12.6. The van der Waals surface area contributed by atoms with E-state index in [0.717, 1.165) is 24.1 Å². The van der Waals surface area contributed by atoms with Crippen molar-refractivity contribution < 1.29 is 9.32 Å². The second-order valence-corrected chi connectivity index (χ2v) is 7.02. The van der Waals surface area contributed by atoms with E-state index < -0.39 is 0 Å². The molecule has 2 heterocycles. The molecular weight excluding hydrogens is 330 g/mol. The van der Waals surface area contributed by atoms with Gasteiger partial charge in [-0.3, -0.25) is 4.79 Å². The highest BCUT2D eigenvalue weighted by Crippen LogP contribution is 2.32. The minimum absolute atomic E-state index is 0.121. The smallest absolute Gasteiger partial charge is 0.273 e. The van der Waals surface area contributed by atoms with E-state index in [0.29, 0.717) is 17.4 Å². The molecule has 1 fully saturated rings. The van der Waals surface area contributed by atoms with Crippen molar-refractivity contribution in [1.29, 1.82) is 0 Å². The van der Waals surface area contributed by atoms with Gasteiger partial charge in [-0.15, -0.1) is 5.10 Å². The minimum atomic E-state index is -0.208. The molecule has 1 aliphatic carbocycles. The maximum atomic E-state index is 12.4. The summed E-state index contributed by atoms with van der Waals surface area (Å²) in [5.41, 5.74) is 2.19. The van der Waals surface area contributed by atoms with Crippen LogP contribution in [-0.4, -0.2) is 32.1 Å². The number of hydrogen-bond acceptors (Lipinski definition) is 5. The Bertz CT molecular complexity index is 894. The summed E-state index contributed by atoms with van der Waals surface area (Å²) >= 11 is 0. The number of nitrogens with one attached hydrogen (secondary N) is 1. The van der Waals surface area contributed by atoms with E-state index in [1.807, 2.05) is 41.2 Å². The normalized spacial score (nSPS) is 19.3. The SMILES string of the molecule is CC(C)c1cn([C@H]2C[C@H](NC(=O)c3cc(-c4ccccc4)on3)C2)nn1. The molecule has 0 aliphatic heterocycles. The lowest BCUT2D eigenvalue weighted by Gasteiger charge is -2.35. The molecule has 134 valence electrons. The third kappa shape index (κ3) is 3.24. The molecule has 1 amide bonds. The van der Waals surface area contributed by atoms with Crippen molar-refractivity contribution in [2.24, 2.45) is 0 Å². The molecule has 0 bridgehead atoms. The van der Waals surface area contributed by atoms with Gasteiger partial charge in [0.25, 0.3) is 5.91 Å². The molecule has 7 nitrogen and oxygen atoms in total. The van der Waals surface area contributed by atoms with Crippen LogP contribution in [0.25, 0.3) is 11.3 Å². The molecule has 3 aromatic rings. The second-order valence-electron chi connectivity index (χ2n) is 7.02. The van der Waals surface area contributed by atoms with Crippen molar-refractivity contribution in [1.82, 2.24) is 25.5 Å². The molecule has 1 saturated carbocycles. The molecule has 7 heteroatoms. The maximum absolute atomic E-state index is 12.4. The summed E-state index contributed by atoms with van der Waals surface area (Å²) in [4.78, 5) is 12.4. The number of hydrogen-bond donors (Lipinski definition) is 1. The van der Waals surface area contributed by atoms with Crippen molar-refractivity contribution >= 4 is 5.91 Å². The molecule has 4 rings (SSSR count). The zero-order valence-electron chi connectivity index (χ0n) is 14.8. The number of carbonyl (C=O) groups is 1. The summed E-state index contributed by atoms with van der Waals surface area (Å²) in [6.07, 6.45) is 3.68. The van der Waals surface area contributed by atoms with Crippen LogP contribution >= 0.6 is 0 Å². The van der Waals surface area contributed by atoms with Crippen LogP contribution in [0.3, 0.4) is 0 Å². The van der Waals surface area contributed by atoms with E-state index in [1.165, 1.54) is 0 Å². The number of aromatic nitrogens is 4. The summed E-state index contributed by atoms with van der Waals surface area (Å²) in [6, 6.07) is 11.7. The Kier molecular flexibility index (Phi) is 4.28. The lowest BCUT2D eigenvalue weighted by Crippen LogP contribution is -2.45. The second kappa shape index (κ2) is 6.74. The molecule has 2 aromatic heterocycles. The first-order valence-electron chi connectivity index (χ1n) is 8.85. The first-order valence-corrected chi connectivity index (χ1v) is 8.85. The summed E-state index contributed by atoms with van der Waals surface area (Å²) < 4.78 is 7.19. The Morgan fingerprint density at radius 3 is 2.73 bits per heavy atom. The van der Waals surface area contributed by atoms with Gasteiger partial charge in [-0.05, 0) is 18.8 Å². The predicted molar refractivity (Wildman–Crippen MR) is 95.6 cm³/mol. The quantitative estimate of drug-likeness (QED) is 0.763. The number of amides is 1. The monoisotopic (exact) mass is 351 g/mol. The van der Waals surface area contributed by atoms with Crippen molar-refractivity contribution in [2.45, 2.75) is 44.7 Å². The Balaban J connectivity index is 1.33. The fourth-order valence-corrected chi connectivity index (χ4v) is 3.04. The molecule has 0 spiro atoms. The molecule has 26 heavy (non-hydrogen) atoms. The van der Waals surface area contributed by atoms with Crippen LogP contribution in [-0.2, 0) is 0 Å². The molecule has 0 unspecified atom stereocenters. The van der Waals surface area contributed by atoms with Crippen LogP contribution < -0.4 is 5.32 Å². The largest absolute Gasteiger partial charge is 0.355 e. The Morgan fingerprint density at radius 2 is 2.04 bits per heavy atom. The van der Waals surface area contributed by atoms with Gasteiger partial charge in [0.15, 0.2) is 11.5 Å². The fraction of sp³-hybridized carbons (Fsp3) is 0.368. The Labute approximate surface area is 151 Å². The lowest BCUT2D eigenvalue weighted by atomic mass is 9.86. The fourth-order valence-electron chi connectivity index (χ4n) is 3.04. The number of rotatable bonds is 5. The van der Waals surface area contributed by atoms with E-state index >= 15 is 0 Å². The highest BCUT2D eigenvalue weighted by Gasteiger charge is 2.33. The van der Waals surface area contributed by atoms with Gasteiger partial charge in [0.2, 0.25) is 0 Å². The average molecular weight is 351 g/mol. The molecule has 0 radical (unpaired) electrons. The average Bonchev–Trinajstić information content (AvgIpc) is 3.28. The van der Waals surface area contributed by atoms with Gasteiger partial charge in [-0.2, -0.15) is 0 Å². The van der Waals surface area contributed by atoms with E-state index in [9.17, 15) is 4.79 Å². The van der Waals surface area contributed by atoms with Crippen LogP contribution in [0.4, 0.5) is 0 Å². The molecule has 1 aliphatic rings. The van der Waals surface area contributed by atoms with E-state index in [4.69, 9.17) is 4.52 Å². The van der Waals surface area contributed by atoms with Gasteiger partial charge in [0.1, 0.15) is 0 Å². The van der Waals surface area contributed by atoms with Crippen LogP contribution in [0.2, 0.25) is 0 Å². The summed E-state index contributed by atoms with van der Waals surface area (Å²) in [5.74, 6) is 0.747. The lowest BCUT2D eigenvalue weighted by molar-refractivity contribution is 0.0878. The summed E-state index contributed by atoms with van der Waals surface area (Å²) in [7, 11) is 0. The van der Waals surface area contributed by atoms with Crippen molar-refractivity contribution in [2.75, 3.05) is 0 Å². The van der Waals surface area contributed by atoms with Gasteiger partial charge in [-0.25, -0.2) is 4.68 Å². The van der Waals surface area contributed by atoms with Crippen LogP contribution in [0, 0.1) is 0 Å². The molecule has 1 aromatic carbocycles. The third-order valence-electron chi connectivity index (χ3n) is 4.74. The number of nitrogens with zero attached hydrogens (tertiary/aromatic N) is 4.